The largest absolute Gasteiger partial charge is 0.379 e. The van der Waals surface area contributed by atoms with Crippen molar-refractivity contribution in [3.8, 4) is 0 Å². The van der Waals surface area contributed by atoms with E-state index in [1.54, 1.807) is 7.05 Å². The summed E-state index contributed by atoms with van der Waals surface area (Å²) in [4.78, 5) is 11.3. The van der Waals surface area contributed by atoms with Crippen LogP contribution in [0.2, 0.25) is 0 Å². The summed E-state index contributed by atoms with van der Waals surface area (Å²) in [6.07, 6.45) is 0.991. The lowest BCUT2D eigenvalue weighted by molar-refractivity contribution is -0.130. The highest BCUT2D eigenvalue weighted by molar-refractivity contribution is 5.81. The fourth-order valence-corrected chi connectivity index (χ4v) is 1.00. The summed E-state index contributed by atoms with van der Waals surface area (Å²) in [6, 6.07) is 0. The van der Waals surface area contributed by atoms with Gasteiger partial charge in [-0.15, -0.1) is 0 Å². The van der Waals surface area contributed by atoms with Crippen LogP contribution in [0.3, 0.4) is 0 Å². The van der Waals surface area contributed by atoms with E-state index in [1.165, 1.54) is 0 Å². The lowest BCUT2D eigenvalue weighted by Gasteiger charge is -2.22. The van der Waals surface area contributed by atoms with E-state index in [-0.39, 0.29) is 17.4 Å². The van der Waals surface area contributed by atoms with Crippen LogP contribution >= 0.6 is 0 Å². The molecule has 13 heavy (non-hydrogen) atoms. The van der Waals surface area contributed by atoms with Gasteiger partial charge in [-0.05, 0) is 20.3 Å². The van der Waals surface area contributed by atoms with Crippen molar-refractivity contribution in [3.63, 3.8) is 0 Å². The molecule has 0 unspecified atom stereocenters. The average Bonchev–Trinajstić information content (AvgIpc) is 2.01. The molecule has 0 atom stereocenters. The van der Waals surface area contributed by atoms with Crippen LogP contribution in [0, 0.1) is 5.41 Å². The van der Waals surface area contributed by atoms with Gasteiger partial charge < -0.3 is 10.1 Å². The molecule has 0 saturated heterocycles. The van der Waals surface area contributed by atoms with Crippen molar-refractivity contribution in [2.24, 2.45) is 5.41 Å². The van der Waals surface area contributed by atoms with Crippen LogP contribution in [0.1, 0.15) is 34.1 Å². The van der Waals surface area contributed by atoms with Gasteiger partial charge in [-0.2, -0.15) is 0 Å². The summed E-state index contributed by atoms with van der Waals surface area (Å²) in [6.45, 7) is 8.48. The first kappa shape index (κ1) is 12.4. The van der Waals surface area contributed by atoms with Crippen LogP contribution in [-0.4, -0.2) is 25.7 Å². The van der Waals surface area contributed by atoms with Crippen LogP contribution in [0.25, 0.3) is 0 Å². The number of carbonyl (C=O) groups is 1. The van der Waals surface area contributed by atoms with Crippen LogP contribution in [0.5, 0.6) is 0 Å². The van der Waals surface area contributed by atoms with E-state index in [0.29, 0.717) is 6.61 Å². The fourth-order valence-electron chi connectivity index (χ4n) is 1.00. The average molecular weight is 187 g/mol. The molecule has 0 radical (unpaired) electrons. The topological polar surface area (TPSA) is 38.3 Å². The molecule has 1 N–H and O–H groups in total. The predicted molar refractivity (Wildman–Crippen MR) is 53.6 cm³/mol. The zero-order valence-electron chi connectivity index (χ0n) is 9.31. The number of amides is 1. The molecule has 1 amide bonds. The first-order valence-electron chi connectivity index (χ1n) is 4.74. The molecule has 0 aromatic carbocycles. The molecular formula is C10H21NO2. The van der Waals surface area contributed by atoms with Crippen molar-refractivity contribution in [2.45, 2.75) is 40.2 Å². The van der Waals surface area contributed by atoms with Gasteiger partial charge in [0.15, 0.2) is 0 Å². The van der Waals surface area contributed by atoms with Crippen molar-refractivity contribution in [3.05, 3.63) is 0 Å². The Balaban J connectivity index is 3.82. The normalized spacial score (nSPS) is 11.8. The van der Waals surface area contributed by atoms with Crippen molar-refractivity contribution >= 4 is 5.91 Å². The number of nitrogens with one attached hydrogen (secondary N) is 1. The highest BCUT2D eigenvalue weighted by Gasteiger charge is 2.25. The smallest absolute Gasteiger partial charge is 0.225 e. The van der Waals surface area contributed by atoms with E-state index in [1.807, 2.05) is 27.7 Å². The number of ether oxygens (including phenoxy) is 1. The summed E-state index contributed by atoms with van der Waals surface area (Å²) in [5.74, 6) is 0.0693. The maximum atomic E-state index is 11.3. The minimum absolute atomic E-state index is 0.0693. The lowest BCUT2D eigenvalue weighted by Crippen LogP contribution is -2.35. The molecule has 0 aliphatic carbocycles. The zero-order chi connectivity index (χ0) is 10.5. The molecule has 0 saturated carbocycles. The number of carbonyl (C=O) groups excluding carboxylic acids is 1. The molecule has 78 valence electrons. The van der Waals surface area contributed by atoms with Gasteiger partial charge in [-0.1, -0.05) is 13.8 Å². The van der Waals surface area contributed by atoms with E-state index in [9.17, 15) is 4.79 Å². The SMILES string of the molecule is CNC(=O)C(C)(C)CCOC(C)C. The molecule has 0 aromatic rings. The van der Waals surface area contributed by atoms with E-state index in [4.69, 9.17) is 4.74 Å². The quantitative estimate of drug-likeness (QED) is 0.709. The number of rotatable bonds is 5. The Morgan fingerprint density at radius 2 is 2.00 bits per heavy atom. The lowest BCUT2D eigenvalue weighted by atomic mass is 9.89. The van der Waals surface area contributed by atoms with Crippen LogP contribution < -0.4 is 5.32 Å². The highest BCUT2D eigenvalue weighted by atomic mass is 16.5. The first-order valence-corrected chi connectivity index (χ1v) is 4.74. The molecule has 0 aliphatic rings. The third-order valence-electron chi connectivity index (χ3n) is 2.02. The molecule has 0 fully saturated rings. The second-order valence-corrected chi connectivity index (χ2v) is 4.13. The van der Waals surface area contributed by atoms with Crippen LogP contribution in [0.4, 0.5) is 0 Å². The summed E-state index contributed by atoms with van der Waals surface area (Å²) >= 11 is 0. The molecule has 3 nitrogen and oxygen atoms in total. The molecule has 0 heterocycles. The molecule has 3 heteroatoms. The second-order valence-electron chi connectivity index (χ2n) is 4.13. The Labute approximate surface area is 80.8 Å². The number of hydrogen-bond donors (Lipinski definition) is 1. The Kier molecular flexibility index (Phi) is 4.99. The second kappa shape index (κ2) is 5.22. The Bertz CT molecular complexity index is 164. The van der Waals surface area contributed by atoms with Gasteiger partial charge in [0.1, 0.15) is 0 Å². The zero-order valence-corrected chi connectivity index (χ0v) is 9.31. The Morgan fingerprint density at radius 3 is 2.38 bits per heavy atom. The number of hydrogen-bond acceptors (Lipinski definition) is 2. The Hall–Kier alpha value is -0.570. The van der Waals surface area contributed by atoms with E-state index >= 15 is 0 Å². The minimum Gasteiger partial charge on any atom is -0.379 e. The standard InChI is InChI=1S/C10H21NO2/c1-8(2)13-7-6-10(3,4)9(12)11-5/h8H,6-7H2,1-5H3,(H,11,12). The van der Waals surface area contributed by atoms with Crippen LogP contribution in [-0.2, 0) is 9.53 Å². The van der Waals surface area contributed by atoms with Gasteiger partial charge in [0.05, 0.1) is 6.10 Å². The summed E-state index contributed by atoms with van der Waals surface area (Å²) < 4.78 is 5.39. The van der Waals surface area contributed by atoms with Gasteiger partial charge in [0.25, 0.3) is 0 Å². The van der Waals surface area contributed by atoms with Gasteiger partial charge in [-0.25, -0.2) is 0 Å². The summed E-state index contributed by atoms with van der Waals surface area (Å²) in [5.41, 5.74) is -0.330. The predicted octanol–water partition coefficient (Wildman–Crippen LogP) is 1.57. The Morgan fingerprint density at radius 1 is 1.46 bits per heavy atom. The fraction of sp³-hybridized carbons (Fsp3) is 0.900. The first-order chi connectivity index (χ1) is 5.90. The molecule has 0 aliphatic heterocycles. The monoisotopic (exact) mass is 187 g/mol. The van der Waals surface area contributed by atoms with Gasteiger partial charge >= 0.3 is 0 Å². The molecule has 0 aromatic heterocycles. The van der Waals surface area contributed by atoms with Gasteiger partial charge in [-0.3, -0.25) is 4.79 Å². The molecule has 0 spiro atoms. The van der Waals surface area contributed by atoms with Crippen molar-refractivity contribution in [1.29, 1.82) is 0 Å². The summed E-state index contributed by atoms with van der Waals surface area (Å²) in [7, 11) is 1.66. The van der Waals surface area contributed by atoms with E-state index in [2.05, 4.69) is 5.32 Å². The van der Waals surface area contributed by atoms with E-state index in [0.717, 1.165) is 6.42 Å². The maximum absolute atomic E-state index is 11.3. The van der Waals surface area contributed by atoms with Gasteiger partial charge in [0.2, 0.25) is 5.91 Å². The van der Waals surface area contributed by atoms with Crippen molar-refractivity contribution < 1.29 is 9.53 Å². The van der Waals surface area contributed by atoms with Crippen molar-refractivity contribution in [1.82, 2.24) is 5.32 Å². The molecular weight excluding hydrogens is 166 g/mol. The summed E-state index contributed by atoms with van der Waals surface area (Å²) in [5, 5.41) is 2.65. The van der Waals surface area contributed by atoms with E-state index < -0.39 is 0 Å². The van der Waals surface area contributed by atoms with Crippen molar-refractivity contribution in [2.75, 3.05) is 13.7 Å². The van der Waals surface area contributed by atoms with Gasteiger partial charge in [0, 0.05) is 19.1 Å². The third-order valence-corrected chi connectivity index (χ3v) is 2.02. The third kappa shape index (κ3) is 4.88. The van der Waals surface area contributed by atoms with Crippen LogP contribution in [0.15, 0.2) is 0 Å². The molecule has 0 bridgehead atoms. The maximum Gasteiger partial charge on any atom is 0.225 e. The molecule has 0 rings (SSSR count). The minimum atomic E-state index is -0.330. The highest BCUT2D eigenvalue weighted by Crippen LogP contribution is 2.20.